The molecule has 0 saturated carbocycles. The lowest BCUT2D eigenvalue weighted by Gasteiger charge is -2.11. The first kappa shape index (κ1) is 15.5. The maximum Gasteiger partial charge on any atom is 0.299 e. The number of hydrogen-bond donors (Lipinski definition) is 3. The Morgan fingerprint density at radius 2 is 2.11 bits per heavy atom. The van der Waals surface area contributed by atoms with Crippen LogP contribution in [0, 0.1) is 18.8 Å². The average Bonchev–Trinajstić information content (AvgIpc) is 2.35. The highest BCUT2D eigenvalue weighted by molar-refractivity contribution is 7.90. The molecule has 0 saturated heterocycles. The number of aryl methyl sites for hydroxylation is 1. The van der Waals surface area contributed by atoms with Crippen molar-refractivity contribution < 1.29 is 8.42 Å². The van der Waals surface area contributed by atoms with Crippen LogP contribution in [0.2, 0.25) is 0 Å². The molecule has 0 aliphatic carbocycles. The summed E-state index contributed by atoms with van der Waals surface area (Å²) in [6.45, 7) is 4.41. The second kappa shape index (κ2) is 7.14. The molecule has 0 fully saturated rings. The van der Waals surface area contributed by atoms with Gasteiger partial charge in [0.25, 0.3) is 10.2 Å². The van der Waals surface area contributed by atoms with Gasteiger partial charge in [-0.05, 0) is 31.0 Å². The van der Waals surface area contributed by atoms with E-state index in [-0.39, 0.29) is 6.54 Å². The summed E-state index contributed by atoms with van der Waals surface area (Å²) in [5, 5.41) is 0. The topological polar surface area (TPSA) is 84.2 Å². The molecule has 4 N–H and O–H groups in total. The third-order valence-electron chi connectivity index (χ3n) is 2.29. The Labute approximate surface area is 114 Å². The van der Waals surface area contributed by atoms with Crippen LogP contribution in [0.5, 0.6) is 0 Å². The number of benzene rings is 1. The van der Waals surface area contributed by atoms with Crippen molar-refractivity contribution in [1.82, 2.24) is 4.72 Å². The van der Waals surface area contributed by atoms with Gasteiger partial charge in [-0.15, -0.1) is 0 Å². The normalized spacial score (nSPS) is 10.7. The summed E-state index contributed by atoms with van der Waals surface area (Å²) in [5.41, 5.74) is 7.35. The minimum Gasteiger partial charge on any atom is -0.320 e. The van der Waals surface area contributed by atoms with Crippen LogP contribution in [0.25, 0.3) is 0 Å². The number of nitrogens with one attached hydrogen (secondary N) is 2. The minimum absolute atomic E-state index is 0.230. The molecular formula is C13H19N3O2S. The van der Waals surface area contributed by atoms with Gasteiger partial charge in [-0.3, -0.25) is 4.72 Å². The fourth-order valence-electron chi connectivity index (χ4n) is 1.42. The van der Waals surface area contributed by atoms with Gasteiger partial charge in [0.15, 0.2) is 0 Å². The molecule has 1 aromatic carbocycles. The Hall–Kier alpha value is -1.55. The van der Waals surface area contributed by atoms with Crippen molar-refractivity contribution in [2.24, 2.45) is 5.73 Å². The Morgan fingerprint density at radius 3 is 2.74 bits per heavy atom. The van der Waals surface area contributed by atoms with Crippen molar-refractivity contribution in [2.75, 3.05) is 17.8 Å². The van der Waals surface area contributed by atoms with Crippen LogP contribution in [0.3, 0.4) is 0 Å². The molecule has 0 aliphatic rings. The third-order valence-corrected chi connectivity index (χ3v) is 3.36. The molecule has 104 valence electrons. The summed E-state index contributed by atoms with van der Waals surface area (Å²) in [6, 6.07) is 5.39. The SMILES string of the molecule is CCCNS(=O)(=O)Nc1cc(C)ccc1C#CCN. The van der Waals surface area contributed by atoms with E-state index in [2.05, 4.69) is 21.3 Å². The van der Waals surface area contributed by atoms with E-state index in [1.165, 1.54) is 0 Å². The maximum absolute atomic E-state index is 11.8. The largest absolute Gasteiger partial charge is 0.320 e. The smallest absolute Gasteiger partial charge is 0.299 e. The van der Waals surface area contributed by atoms with Gasteiger partial charge >= 0.3 is 0 Å². The van der Waals surface area contributed by atoms with Crippen LogP contribution < -0.4 is 15.2 Å². The van der Waals surface area contributed by atoms with Gasteiger partial charge in [-0.1, -0.05) is 24.8 Å². The van der Waals surface area contributed by atoms with E-state index in [0.717, 1.165) is 12.0 Å². The fraction of sp³-hybridized carbons (Fsp3) is 0.385. The van der Waals surface area contributed by atoms with Gasteiger partial charge in [0.05, 0.1) is 12.2 Å². The molecular weight excluding hydrogens is 262 g/mol. The number of hydrogen-bond acceptors (Lipinski definition) is 3. The molecule has 6 heteroatoms. The lowest BCUT2D eigenvalue weighted by Crippen LogP contribution is -2.30. The first-order valence-electron chi connectivity index (χ1n) is 6.05. The fourth-order valence-corrected chi connectivity index (χ4v) is 2.42. The van der Waals surface area contributed by atoms with Crippen molar-refractivity contribution >= 4 is 15.9 Å². The van der Waals surface area contributed by atoms with E-state index in [9.17, 15) is 8.42 Å². The zero-order chi connectivity index (χ0) is 14.3. The van der Waals surface area contributed by atoms with Crippen molar-refractivity contribution in [3.8, 4) is 11.8 Å². The van der Waals surface area contributed by atoms with E-state index >= 15 is 0 Å². The lowest BCUT2D eigenvalue weighted by atomic mass is 10.1. The van der Waals surface area contributed by atoms with Crippen LogP contribution in [-0.4, -0.2) is 21.5 Å². The van der Waals surface area contributed by atoms with Crippen LogP contribution in [-0.2, 0) is 10.2 Å². The molecule has 0 heterocycles. The van der Waals surface area contributed by atoms with Gasteiger partial charge in [0.1, 0.15) is 0 Å². The van der Waals surface area contributed by atoms with Crippen LogP contribution >= 0.6 is 0 Å². The molecule has 1 rings (SSSR count). The molecule has 0 spiro atoms. The van der Waals surface area contributed by atoms with Gasteiger partial charge in [0, 0.05) is 12.1 Å². The molecule has 0 amide bonds. The van der Waals surface area contributed by atoms with Gasteiger partial charge in [0.2, 0.25) is 0 Å². The van der Waals surface area contributed by atoms with Crippen molar-refractivity contribution in [3.63, 3.8) is 0 Å². The molecule has 0 bridgehead atoms. The predicted octanol–water partition coefficient (Wildman–Crippen LogP) is 0.962. The second-order valence-corrected chi connectivity index (χ2v) is 5.55. The molecule has 0 atom stereocenters. The summed E-state index contributed by atoms with van der Waals surface area (Å²) >= 11 is 0. The summed E-state index contributed by atoms with van der Waals surface area (Å²) in [5.74, 6) is 5.56. The quantitative estimate of drug-likeness (QED) is 0.703. The summed E-state index contributed by atoms with van der Waals surface area (Å²) < 4.78 is 28.5. The van der Waals surface area contributed by atoms with Gasteiger partial charge in [-0.2, -0.15) is 13.1 Å². The van der Waals surface area contributed by atoms with Gasteiger partial charge < -0.3 is 5.73 Å². The summed E-state index contributed by atoms with van der Waals surface area (Å²) in [4.78, 5) is 0. The Balaban J connectivity index is 3.02. The van der Waals surface area contributed by atoms with Crippen molar-refractivity contribution in [3.05, 3.63) is 29.3 Å². The highest BCUT2D eigenvalue weighted by Crippen LogP contribution is 2.17. The van der Waals surface area contributed by atoms with Crippen LogP contribution in [0.1, 0.15) is 24.5 Å². The first-order valence-corrected chi connectivity index (χ1v) is 7.54. The molecule has 0 aromatic heterocycles. The van der Waals surface area contributed by atoms with Gasteiger partial charge in [-0.25, -0.2) is 0 Å². The molecule has 5 nitrogen and oxygen atoms in total. The first-order chi connectivity index (χ1) is 8.98. The maximum atomic E-state index is 11.8. The van der Waals surface area contributed by atoms with Crippen molar-refractivity contribution in [1.29, 1.82) is 0 Å². The predicted molar refractivity (Wildman–Crippen MR) is 77.9 cm³/mol. The standard InChI is InChI=1S/C13H19N3O2S/c1-3-9-15-19(17,18)16-13-10-11(2)6-7-12(13)5-4-8-14/h6-7,10,15-16H,3,8-9,14H2,1-2H3. The third kappa shape index (κ3) is 5.30. The van der Waals surface area contributed by atoms with Crippen molar-refractivity contribution in [2.45, 2.75) is 20.3 Å². The molecule has 0 aliphatic heterocycles. The van der Waals surface area contributed by atoms with E-state index in [1.54, 1.807) is 12.1 Å². The van der Waals surface area contributed by atoms with E-state index < -0.39 is 10.2 Å². The highest BCUT2D eigenvalue weighted by atomic mass is 32.2. The van der Waals surface area contributed by atoms with E-state index in [1.807, 2.05) is 19.9 Å². The van der Waals surface area contributed by atoms with Crippen LogP contribution in [0.15, 0.2) is 18.2 Å². The monoisotopic (exact) mass is 281 g/mol. The molecule has 0 unspecified atom stereocenters. The minimum atomic E-state index is -3.56. The zero-order valence-corrected chi connectivity index (χ0v) is 12.0. The van der Waals surface area contributed by atoms with E-state index in [4.69, 9.17) is 5.73 Å². The Kier molecular flexibility index (Phi) is 5.83. The zero-order valence-electron chi connectivity index (χ0n) is 11.2. The average molecular weight is 281 g/mol. The Bertz CT molecular complexity index is 586. The number of anilines is 1. The summed E-state index contributed by atoms with van der Waals surface area (Å²) in [6.07, 6.45) is 0.731. The molecule has 0 radical (unpaired) electrons. The number of nitrogens with two attached hydrogens (primary N) is 1. The van der Waals surface area contributed by atoms with E-state index in [0.29, 0.717) is 17.8 Å². The second-order valence-electron chi connectivity index (χ2n) is 4.05. The number of rotatable bonds is 5. The molecule has 1 aromatic rings. The lowest BCUT2D eigenvalue weighted by molar-refractivity contribution is 0.586. The Morgan fingerprint density at radius 1 is 1.37 bits per heavy atom. The van der Waals surface area contributed by atoms with Crippen LogP contribution in [0.4, 0.5) is 5.69 Å². The highest BCUT2D eigenvalue weighted by Gasteiger charge is 2.11. The molecule has 19 heavy (non-hydrogen) atoms. The summed E-state index contributed by atoms with van der Waals surface area (Å²) in [7, 11) is -3.56.